The molecule has 140 valence electrons. The maximum Gasteiger partial charge on any atom is 0.261 e. The fraction of sp³-hybridized carbons (Fsp3) is 0.136. The molecule has 0 atom stereocenters. The zero-order valence-electron chi connectivity index (χ0n) is 14.6. The van der Waals surface area contributed by atoms with Crippen LogP contribution < -0.4 is 5.32 Å². The van der Waals surface area contributed by atoms with Gasteiger partial charge in [0.2, 0.25) is 0 Å². The summed E-state index contributed by atoms with van der Waals surface area (Å²) < 4.78 is 27.5. The molecule has 2 aromatic carbocycles. The maximum absolute atomic E-state index is 13.7. The Bertz CT molecular complexity index is 1090. The molecule has 1 saturated carbocycles. The third-order valence-electron chi connectivity index (χ3n) is 4.26. The Hall–Kier alpha value is -2.68. The summed E-state index contributed by atoms with van der Waals surface area (Å²) in [6.07, 6.45) is 2.34. The van der Waals surface area contributed by atoms with Crippen LogP contribution >= 0.6 is 22.9 Å². The minimum Gasteiger partial charge on any atom is -0.322 e. The van der Waals surface area contributed by atoms with Crippen molar-refractivity contribution in [3.8, 4) is 22.3 Å². The summed E-state index contributed by atoms with van der Waals surface area (Å²) in [4.78, 5) is 14.0. The highest BCUT2D eigenvalue weighted by atomic mass is 35.5. The van der Waals surface area contributed by atoms with Crippen LogP contribution in [0.25, 0.3) is 10.4 Å². The van der Waals surface area contributed by atoms with Crippen LogP contribution in [0.3, 0.4) is 0 Å². The SMILES string of the molecule is O=C(Nc1ccc(-c2sc(C#CC3CC3)cc2Cl)cc1)c1c(F)cccc1F. The molecule has 6 heteroatoms. The lowest BCUT2D eigenvalue weighted by molar-refractivity contribution is 0.101. The summed E-state index contributed by atoms with van der Waals surface area (Å²) >= 11 is 7.85. The van der Waals surface area contributed by atoms with E-state index in [1.807, 2.05) is 6.07 Å². The smallest absolute Gasteiger partial charge is 0.261 e. The van der Waals surface area contributed by atoms with E-state index < -0.39 is 23.1 Å². The number of thiophene rings is 1. The molecule has 0 spiro atoms. The molecule has 28 heavy (non-hydrogen) atoms. The van der Waals surface area contributed by atoms with Crippen LogP contribution in [0.2, 0.25) is 5.02 Å². The number of hydrogen-bond donors (Lipinski definition) is 1. The van der Waals surface area contributed by atoms with Gasteiger partial charge in [0.15, 0.2) is 0 Å². The van der Waals surface area contributed by atoms with E-state index in [0.29, 0.717) is 16.6 Å². The standard InChI is InChI=1S/C22H14ClF2NOS/c23-17-12-16(11-6-13-4-5-13)28-21(17)14-7-9-15(10-8-14)26-22(27)20-18(24)2-1-3-19(20)25/h1-3,7-10,12-13H,4-5H2,(H,26,27). The van der Waals surface area contributed by atoms with E-state index >= 15 is 0 Å². The average molecular weight is 414 g/mol. The molecule has 3 aromatic rings. The Morgan fingerprint density at radius 3 is 2.43 bits per heavy atom. The lowest BCUT2D eigenvalue weighted by Gasteiger charge is -2.08. The Kier molecular flexibility index (Phi) is 5.17. The summed E-state index contributed by atoms with van der Waals surface area (Å²) in [6, 6.07) is 12.1. The van der Waals surface area contributed by atoms with Crippen LogP contribution in [0.15, 0.2) is 48.5 Å². The summed E-state index contributed by atoms with van der Waals surface area (Å²) in [7, 11) is 0. The molecule has 1 amide bonds. The molecule has 4 rings (SSSR count). The molecular weight excluding hydrogens is 400 g/mol. The minimum atomic E-state index is -0.903. The first-order valence-electron chi connectivity index (χ1n) is 8.68. The lowest BCUT2D eigenvalue weighted by Crippen LogP contribution is -2.15. The molecule has 0 bridgehead atoms. The van der Waals surface area contributed by atoms with E-state index in [-0.39, 0.29) is 0 Å². The summed E-state index contributed by atoms with van der Waals surface area (Å²) in [5.41, 5.74) is 0.703. The molecule has 1 aromatic heterocycles. The molecular formula is C22H14ClF2NOS. The normalized spacial score (nSPS) is 13.0. The van der Waals surface area contributed by atoms with Crippen LogP contribution in [0.5, 0.6) is 0 Å². The molecule has 2 nitrogen and oxygen atoms in total. The van der Waals surface area contributed by atoms with E-state index in [9.17, 15) is 13.6 Å². The average Bonchev–Trinajstić information content (AvgIpc) is 3.42. The summed E-state index contributed by atoms with van der Waals surface area (Å²) in [5, 5.41) is 3.13. The highest BCUT2D eigenvalue weighted by Crippen LogP contribution is 2.37. The minimum absolute atomic E-state index is 0.429. The van der Waals surface area contributed by atoms with Gasteiger partial charge in [0.1, 0.15) is 17.2 Å². The highest BCUT2D eigenvalue weighted by Gasteiger charge is 2.19. The van der Waals surface area contributed by atoms with Gasteiger partial charge in [-0.05, 0) is 48.7 Å². The van der Waals surface area contributed by atoms with Crippen LogP contribution in [-0.4, -0.2) is 5.91 Å². The van der Waals surface area contributed by atoms with Crippen molar-refractivity contribution < 1.29 is 13.6 Å². The van der Waals surface area contributed by atoms with Crippen molar-refractivity contribution in [3.63, 3.8) is 0 Å². The number of hydrogen-bond acceptors (Lipinski definition) is 2. The third-order valence-corrected chi connectivity index (χ3v) is 5.77. The molecule has 0 radical (unpaired) electrons. The maximum atomic E-state index is 13.7. The molecule has 0 aliphatic heterocycles. The van der Waals surface area contributed by atoms with E-state index in [1.54, 1.807) is 24.3 Å². The number of anilines is 1. The zero-order chi connectivity index (χ0) is 19.7. The van der Waals surface area contributed by atoms with Crippen molar-refractivity contribution >= 4 is 34.5 Å². The first kappa shape index (κ1) is 18.7. The quantitative estimate of drug-likeness (QED) is 0.497. The Morgan fingerprint density at radius 2 is 1.79 bits per heavy atom. The van der Waals surface area contributed by atoms with Crippen LogP contribution in [0.1, 0.15) is 28.1 Å². The monoisotopic (exact) mass is 413 g/mol. The fourth-order valence-electron chi connectivity index (χ4n) is 2.64. The van der Waals surface area contributed by atoms with E-state index in [4.69, 9.17) is 11.6 Å². The summed E-state index contributed by atoms with van der Waals surface area (Å²) in [6.45, 7) is 0. The number of rotatable bonds is 3. The first-order chi connectivity index (χ1) is 13.5. The topological polar surface area (TPSA) is 29.1 Å². The number of nitrogens with one attached hydrogen (secondary N) is 1. The van der Waals surface area contributed by atoms with Crippen molar-refractivity contribution in [3.05, 3.63) is 75.6 Å². The first-order valence-corrected chi connectivity index (χ1v) is 9.87. The van der Waals surface area contributed by atoms with Crippen molar-refractivity contribution in [2.24, 2.45) is 5.92 Å². The van der Waals surface area contributed by atoms with Crippen molar-refractivity contribution in [2.45, 2.75) is 12.8 Å². The number of halogens is 3. The van der Waals surface area contributed by atoms with E-state index in [2.05, 4.69) is 17.2 Å². The molecule has 0 unspecified atom stereocenters. The van der Waals surface area contributed by atoms with Crippen LogP contribution in [0.4, 0.5) is 14.5 Å². The van der Waals surface area contributed by atoms with E-state index in [0.717, 1.165) is 27.5 Å². The second kappa shape index (κ2) is 7.75. The number of carbonyl (C=O) groups excluding carboxylic acids is 1. The van der Waals surface area contributed by atoms with Gasteiger partial charge < -0.3 is 5.32 Å². The molecule has 0 saturated heterocycles. The zero-order valence-corrected chi connectivity index (χ0v) is 16.1. The van der Waals surface area contributed by atoms with Crippen molar-refractivity contribution in [1.82, 2.24) is 0 Å². The number of carbonyl (C=O) groups is 1. The molecule has 1 aliphatic rings. The Labute approximate surface area is 170 Å². The number of benzene rings is 2. The van der Waals surface area contributed by atoms with E-state index in [1.165, 1.54) is 30.2 Å². The fourth-order valence-corrected chi connectivity index (χ4v) is 3.96. The van der Waals surface area contributed by atoms with Gasteiger partial charge in [-0.3, -0.25) is 4.79 Å². The molecule has 1 aliphatic carbocycles. The second-order valence-corrected chi connectivity index (χ2v) is 7.92. The molecule has 1 N–H and O–H groups in total. The van der Waals surface area contributed by atoms with Gasteiger partial charge in [-0.1, -0.05) is 41.6 Å². The van der Waals surface area contributed by atoms with Crippen LogP contribution in [-0.2, 0) is 0 Å². The van der Waals surface area contributed by atoms with Gasteiger partial charge in [-0.25, -0.2) is 8.78 Å². The van der Waals surface area contributed by atoms with Crippen molar-refractivity contribution in [1.29, 1.82) is 0 Å². The molecule has 1 fully saturated rings. The Balaban J connectivity index is 1.51. The van der Waals surface area contributed by atoms with Gasteiger partial charge in [-0.2, -0.15) is 0 Å². The lowest BCUT2D eigenvalue weighted by atomic mass is 10.1. The third kappa shape index (κ3) is 4.09. The van der Waals surface area contributed by atoms with Gasteiger partial charge >= 0.3 is 0 Å². The summed E-state index contributed by atoms with van der Waals surface area (Å²) in [5.74, 6) is 4.25. The van der Waals surface area contributed by atoms with Gasteiger partial charge in [0, 0.05) is 11.6 Å². The second-order valence-electron chi connectivity index (χ2n) is 6.46. The largest absolute Gasteiger partial charge is 0.322 e. The van der Waals surface area contributed by atoms with Crippen molar-refractivity contribution in [2.75, 3.05) is 5.32 Å². The van der Waals surface area contributed by atoms with Gasteiger partial charge in [0.25, 0.3) is 5.91 Å². The molecule has 1 heterocycles. The van der Waals surface area contributed by atoms with Crippen LogP contribution in [0, 0.1) is 29.4 Å². The van der Waals surface area contributed by atoms with Gasteiger partial charge in [0.05, 0.1) is 14.8 Å². The highest BCUT2D eigenvalue weighted by molar-refractivity contribution is 7.16. The Morgan fingerprint density at radius 1 is 1.11 bits per heavy atom. The number of amides is 1. The van der Waals surface area contributed by atoms with Gasteiger partial charge in [-0.15, -0.1) is 11.3 Å². The predicted molar refractivity (Wildman–Crippen MR) is 109 cm³/mol. The predicted octanol–water partition coefficient (Wildman–Crippen LogP) is 6.36.